The maximum atomic E-state index is 13.7. The van der Waals surface area contributed by atoms with E-state index in [1.54, 1.807) is 19.1 Å². The normalized spacial score (nSPS) is 10.7. The van der Waals surface area contributed by atoms with Gasteiger partial charge in [-0.05, 0) is 50.1 Å². The van der Waals surface area contributed by atoms with Crippen LogP contribution in [0.15, 0.2) is 18.2 Å². The average molecular weight is 297 g/mol. The number of rotatable bonds is 4. The van der Waals surface area contributed by atoms with Crippen molar-refractivity contribution in [3.05, 3.63) is 34.9 Å². The van der Waals surface area contributed by atoms with Gasteiger partial charge in [0, 0.05) is 0 Å². The number of nitrogens with zero attached hydrogens (tertiary/aromatic N) is 3. The number of aromatic nitrogens is 3. The van der Waals surface area contributed by atoms with Gasteiger partial charge < -0.3 is 10.1 Å². The lowest BCUT2D eigenvalue weighted by atomic mass is 10.2. The zero-order chi connectivity index (χ0) is 14.7. The second kappa shape index (κ2) is 6.00. The molecule has 0 amide bonds. The van der Waals surface area contributed by atoms with Crippen molar-refractivity contribution < 1.29 is 9.13 Å². The van der Waals surface area contributed by atoms with E-state index in [1.807, 2.05) is 13.8 Å². The van der Waals surface area contributed by atoms with Crippen molar-refractivity contribution in [1.82, 2.24) is 15.0 Å². The van der Waals surface area contributed by atoms with Gasteiger partial charge in [0.2, 0.25) is 11.2 Å². The molecule has 0 radical (unpaired) electrons. The van der Waals surface area contributed by atoms with E-state index in [2.05, 4.69) is 20.3 Å². The highest BCUT2D eigenvalue weighted by Crippen LogP contribution is 2.20. The van der Waals surface area contributed by atoms with Crippen LogP contribution in [0, 0.1) is 12.7 Å². The Balaban J connectivity index is 2.26. The van der Waals surface area contributed by atoms with Gasteiger partial charge in [-0.2, -0.15) is 15.0 Å². The monoisotopic (exact) mass is 296 g/mol. The molecular formula is C13H14ClFN4O. The highest BCUT2D eigenvalue weighted by Gasteiger charge is 2.10. The number of hydrogen-bond donors (Lipinski definition) is 1. The predicted octanol–water partition coefficient (Wildman–Crippen LogP) is 3.50. The highest BCUT2D eigenvalue weighted by atomic mass is 35.5. The molecule has 0 aliphatic heterocycles. The molecule has 0 saturated heterocycles. The summed E-state index contributed by atoms with van der Waals surface area (Å²) in [4.78, 5) is 11.8. The summed E-state index contributed by atoms with van der Waals surface area (Å²) < 4.78 is 19.1. The Morgan fingerprint density at radius 3 is 2.65 bits per heavy atom. The van der Waals surface area contributed by atoms with E-state index in [4.69, 9.17) is 16.3 Å². The third-order valence-electron chi connectivity index (χ3n) is 2.30. The Kier molecular flexibility index (Phi) is 4.34. The van der Waals surface area contributed by atoms with Crippen molar-refractivity contribution in [2.45, 2.75) is 26.9 Å². The minimum atomic E-state index is -0.395. The van der Waals surface area contributed by atoms with Crippen LogP contribution in [0.4, 0.5) is 16.0 Å². The van der Waals surface area contributed by atoms with Crippen molar-refractivity contribution in [3.8, 4) is 6.01 Å². The van der Waals surface area contributed by atoms with Crippen LogP contribution in [0.2, 0.25) is 5.28 Å². The Labute approximate surface area is 121 Å². The fourth-order valence-electron chi connectivity index (χ4n) is 1.49. The summed E-state index contributed by atoms with van der Waals surface area (Å²) in [5.41, 5.74) is 1.08. The first-order valence-corrected chi connectivity index (χ1v) is 6.43. The Morgan fingerprint density at radius 1 is 1.25 bits per heavy atom. The lowest BCUT2D eigenvalue weighted by Crippen LogP contribution is -2.10. The number of nitrogens with one attached hydrogen (secondary N) is 1. The van der Waals surface area contributed by atoms with Crippen molar-refractivity contribution in [2.75, 3.05) is 5.32 Å². The van der Waals surface area contributed by atoms with Gasteiger partial charge in [0.25, 0.3) is 0 Å². The van der Waals surface area contributed by atoms with Crippen LogP contribution >= 0.6 is 11.6 Å². The molecular weight excluding hydrogens is 283 g/mol. The molecule has 0 fully saturated rings. The van der Waals surface area contributed by atoms with E-state index in [1.165, 1.54) is 6.07 Å². The van der Waals surface area contributed by atoms with E-state index in [0.29, 0.717) is 0 Å². The van der Waals surface area contributed by atoms with E-state index in [0.717, 1.165) is 5.56 Å². The first kappa shape index (κ1) is 14.5. The zero-order valence-corrected chi connectivity index (χ0v) is 12.1. The molecule has 2 aromatic rings. The molecule has 5 nitrogen and oxygen atoms in total. The summed E-state index contributed by atoms with van der Waals surface area (Å²) in [6.45, 7) is 5.48. The molecule has 0 atom stereocenters. The number of benzene rings is 1. The molecule has 0 aliphatic carbocycles. The number of hydrogen-bond acceptors (Lipinski definition) is 5. The predicted molar refractivity (Wildman–Crippen MR) is 75.0 cm³/mol. The van der Waals surface area contributed by atoms with Crippen molar-refractivity contribution in [2.24, 2.45) is 0 Å². The Bertz CT molecular complexity index is 621. The van der Waals surface area contributed by atoms with Gasteiger partial charge >= 0.3 is 6.01 Å². The second-order valence-corrected chi connectivity index (χ2v) is 4.82. The summed E-state index contributed by atoms with van der Waals surface area (Å²) >= 11 is 5.79. The van der Waals surface area contributed by atoms with Crippen LogP contribution in [0.3, 0.4) is 0 Å². The number of ether oxygens (including phenoxy) is 1. The van der Waals surface area contributed by atoms with Gasteiger partial charge in [-0.1, -0.05) is 6.07 Å². The molecule has 1 aromatic heterocycles. The molecule has 7 heteroatoms. The van der Waals surface area contributed by atoms with E-state index >= 15 is 0 Å². The smallest absolute Gasteiger partial charge is 0.322 e. The van der Waals surface area contributed by atoms with Gasteiger partial charge in [0.1, 0.15) is 5.82 Å². The zero-order valence-electron chi connectivity index (χ0n) is 11.3. The molecule has 106 valence electrons. The summed E-state index contributed by atoms with van der Waals surface area (Å²) in [6, 6.07) is 4.89. The van der Waals surface area contributed by atoms with Crippen molar-refractivity contribution in [1.29, 1.82) is 0 Å². The summed E-state index contributed by atoms with van der Waals surface area (Å²) in [5.74, 6) is -0.267. The second-order valence-electron chi connectivity index (χ2n) is 4.49. The van der Waals surface area contributed by atoms with Crippen molar-refractivity contribution in [3.63, 3.8) is 0 Å². The van der Waals surface area contributed by atoms with Crippen LogP contribution in [0.25, 0.3) is 0 Å². The standard InChI is InChI=1S/C13H14ClFN4O/c1-7(2)20-13-18-11(14)17-12(19-13)16-10-5-4-8(3)6-9(10)15/h4-7H,1-3H3,(H,16,17,18,19). The third-order valence-corrected chi connectivity index (χ3v) is 2.47. The molecule has 0 unspecified atom stereocenters. The maximum absolute atomic E-state index is 13.7. The van der Waals surface area contributed by atoms with Crippen LogP contribution in [-0.2, 0) is 0 Å². The fourth-order valence-corrected chi connectivity index (χ4v) is 1.65. The van der Waals surface area contributed by atoms with Crippen LogP contribution in [0.5, 0.6) is 6.01 Å². The number of aryl methyl sites for hydroxylation is 1. The van der Waals surface area contributed by atoms with Gasteiger partial charge in [-0.3, -0.25) is 0 Å². The molecule has 1 aromatic carbocycles. The SMILES string of the molecule is Cc1ccc(Nc2nc(Cl)nc(OC(C)C)n2)c(F)c1. The lowest BCUT2D eigenvalue weighted by molar-refractivity contribution is 0.222. The summed E-state index contributed by atoms with van der Waals surface area (Å²) in [7, 11) is 0. The Hall–Kier alpha value is -1.95. The molecule has 1 N–H and O–H groups in total. The van der Waals surface area contributed by atoms with Crippen LogP contribution < -0.4 is 10.1 Å². The molecule has 0 saturated carbocycles. The minimum absolute atomic E-state index is 0.0225. The maximum Gasteiger partial charge on any atom is 0.322 e. The molecule has 0 aliphatic rings. The van der Waals surface area contributed by atoms with Crippen LogP contribution in [0.1, 0.15) is 19.4 Å². The van der Waals surface area contributed by atoms with Gasteiger partial charge in [-0.15, -0.1) is 0 Å². The summed E-state index contributed by atoms with van der Waals surface area (Å²) in [6.07, 6.45) is -0.0996. The topological polar surface area (TPSA) is 59.9 Å². The summed E-state index contributed by atoms with van der Waals surface area (Å²) in [5, 5.41) is 2.73. The number of halogens is 2. The molecule has 20 heavy (non-hydrogen) atoms. The van der Waals surface area contributed by atoms with E-state index < -0.39 is 5.82 Å². The first-order chi connectivity index (χ1) is 9.44. The molecule has 2 rings (SSSR count). The molecule has 0 bridgehead atoms. The van der Waals surface area contributed by atoms with Crippen LogP contribution in [-0.4, -0.2) is 21.1 Å². The number of anilines is 2. The largest absolute Gasteiger partial charge is 0.461 e. The third kappa shape index (κ3) is 3.77. The lowest BCUT2D eigenvalue weighted by Gasteiger charge is -2.10. The fraction of sp³-hybridized carbons (Fsp3) is 0.308. The van der Waals surface area contributed by atoms with Gasteiger partial charge in [0.05, 0.1) is 11.8 Å². The quantitative estimate of drug-likeness (QED) is 0.935. The van der Waals surface area contributed by atoms with Gasteiger partial charge in [0.15, 0.2) is 0 Å². The first-order valence-electron chi connectivity index (χ1n) is 6.05. The molecule has 0 spiro atoms. The highest BCUT2D eigenvalue weighted by molar-refractivity contribution is 6.28. The van der Waals surface area contributed by atoms with E-state index in [-0.39, 0.29) is 29.0 Å². The Morgan fingerprint density at radius 2 is 2.00 bits per heavy atom. The van der Waals surface area contributed by atoms with Crippen molar-refractivity contribution >= 4 is 23.2 Å². The van der Waals surface area contributed by atoms with Gasteiger partial charge in [-0.25, -0.2) is 4.39 Å². The average Bonchev–Trinajstić information content (AvgIpc) is 2.31. The molecule has 1 heterocycles. The minimum Gasteiger partial charge on any atom is -0.461 e. The van der Waals surface area contributed by atoms with E-state index in [9.17, 15) is 4.39 Å².